The van der Waals surface area contributed by atoms with E-state index in [1.54, 1.807) is 26.0 Å². The average molecular weight is 585 g/mol. The van der Waals surface area contributed by atoms with Crippen LogP contribution in [0, 0.1) is 5.92 Å². The zero-order chi connectivity index (χ0) is 29.8. The van der Waals surface area contributed by atoms with E-state index in [2.05, 4.69) is 10.6 Å². The minimum atomic E-state index is -2.61. The first-order valence-corrected chi connectivity index (χ1v) is 14.5. The van der Waals surface area contributed by atoms with Gasteiger partial charge >= 0.3 is 8.03 Å². The second kappa shape index (κ2) is 15.7. The van der Waals surface area contributed by atoms with E-state index < -0.39 is 31.8 Å². The maximum absolute atomic E-state index is 13.1. The van der Waals surface area contributed by atoms with Crippen LogP contribution in [0.4, 0.5) is 0 Å². The van der Waals surface area contributed by atoms with Gasteiger partial charge in [-0.15, -0.1) is 0 Å². The number of hydrogen-bond acceptors (Lipinski definition) is 7. The Bertz CT molecular complexity index is 1330. The molecule has 218 valence electrons. The van der Waals surface area contributed by atoms with Crippen LogP contribution in [0.25, 0.3) is 11.3 Å². The number of amides is 3. The van der Waals surface area contributed by atoms with E-state index in [1.165, 1.54) is 18.2 Å². The summed E-state index contributed by atoms with van der Waals surface area (Å²) in [6.07, 6.45) is 2.45. The van der Waals surface area contributed by atoms with Crippen LogP contribution in [0.5, 0.6) is 5.75 Å². The number of carbonyl (C=O) groups is 3. The Hall–Kier alpha value is -4.05. The maximum Gasteiger partial charge on any atom is 0.546 e. The summed E-state index contributed by atoms with van der Waals surface area (Å²) in [5, 5.41) is 16.0. The first-order valence-electron chi connectivity index (χ1n) is 13.3. The zero-order valence-corrected chi connectivity index (χ0v) is 23.9. The summed E-state index contributed by atoms with van der Waals surface area (Å²) < 4.78 is 22.8. The predicted octanol–water partition coefficient (Wildman–Crippen LogP) is 3.77. The first-order chi connectivity index (χ1) is 19.8. The third-order valence-electron chi connectivity index (χ3n) is 6.54. The number of hydroxylamine groups is 2. The van der Waals surface area contributed by atoms with E-state index in [0.717, 1.165) is 12.0 Å². The quantitative estimate of drug-likeness (QED) is 0.0651. The highest BCUT2D eigenvalue weighted by Crippen LogP contribution is 2.28. The van der Waals surface area contributed by atoms with Crippen LogP contribution in [0.3, 0.4) is 0 Å². The third kappa shape index (κ3) is 8.97. The molecule has 11 nitrogen and oxygen atoms in total. The monoisotopic (exact) mass is 584 g/mol. The molecule has 0 aliphatic rings. The number of rotatable bonds is 16. The molecule has 3 atom stereocenters. The fourth-order valence-electron chi connectivity index (χ4n) is 4.53. The number of nitrogens with zero attached hydrogens (tertiary/aromatic N) is 1. The highest BCUT2D eigenvalue weighted by atomic mass is 31.1. The summed E-state index contributed by atoms with van der Waals surface area (Å²) in [5.74, 6) is -1.04. The fraction of sp³-hybridized carbons (Fsp3) is 0.345. The number of furan rings is 1. The second-order valence-corrected chi connectivity index (χ2v) is 10.3. The van der Waals surface area contributed by atoms with Gasteiger partial charge in [0.25, 0.3) is 5.91 Å². The first kappa shape index (κ1) is 31.5. The van der Waals surface area contributed by atoms with Crippen LogP contribution in [0.1, 0.15) is 49.2 Å². The standard InChI is InChI=1S/C29H34N3O8P/c1-3-25(32(36)19-33)24(12-8-11-20-9-6-5-7-10-20)28(34)30-18-31-29(35)27-14-13-26(40-27)21-15-22(39-4-2)17-23(16-21)41(37)38/h5-7,9-10,13-17,19,24-25,36H,3-4,8,11-12,18H2,1-2H3,(H2-,30,31,34,35,37,38)/p+1/t24-,25-/m1/s1. The molecule has 1 heterocycles. The van der Waals surface area contributed by atoms with Crippen LogP contribution >= 0.6 is 8.03 Å². The molecule has 0 aliphatic carbocycles. The third-order valence-corrected chi connectivity index (χ3v) is 7.24. The molecule has 4 N–H and O–H groups in total. The molecule has 3 rings (SSSR count). The molecule has 1 unspecified atom stereocenters. The van der Waals surface area contributed by atoms with Crippen molar-refractivity contribution >= 4 is 31.6 Å². The maximum atomic E-state index is 13.1. The summed E-state index contributed by atoms with van der Waals surface area (Å²) in [6, 6.07) is 16.7. The van der Waals surface area contributed by atoms with Gasteiger partial charge in [-0.25, -0.2) is 5.06 Å². The van der Waals surface area contributed by atoms with E-state index in [-0.39, 0.29) is 24.1 Å². The highest BCUT2D eigenvalue weighted by molar-refractivity contribution is 7.47. The van der Waals surface area contributed by atoms with Crippen LogP contribution < -0.4 is 20.7 Å². The Labute approximate surface area is 239 Å². The molecule has 3 amide bonds. The molecule has 3 aromatic rings. The summed E-state index contributed by atoms with van der Waals surface area (Å²) >= 11 is 0. The van der Waals surface area contributed by atoms with Crippen molar-refractivity contribution in [2.45, 2.75) is 45.6 Å². The minimum Gasteiger partial charge on any atom is -0.494 e. The van der Waals surface area contributed by atoms with Gasteiger partial charge in [0.2, 0.25) is 17.6 Å². The van der Waals surface area contributed by atoms with Gasteiger partial charge in [-0.2, -0.15) is 4.89 Å². The fourth-order valence-corrected chi connectivity index (χ4v) is 5.02. The van der Waals surface area contributed by atoms with Gasteiger partial charge in [0, 0.05) is 17.7 Å². The van der Waals surface area contributed by atoms with Crippen molar-refractivity contribution < 1.29 is 38.2 Å². The van der Waals surface area contributed by atoms with Gasteiger partial charge in [0.05, 0.1) is 25.2 Å². The van der Waals surface area contributed by atoms with Gasteiger partial charge in [-0.1, -0.05) is 37.3 Å². The lowest BCUT2D eigenvalue weighted by Gasteiger charge is -2.29. The van der Waals surface area contributed by atoms with Crippen LogP contribution in [0.2, 0.25) is 0 Å². The lowest BCUT2D eigenvalue weighted by Crippen LogP contribution is -2.47. The lowest BCUT2D eigenvalue weighted by molar-refractivity contribution is -0.168. The van der Waals surface area contributed by atoms with E-state index in [0.29, 0.717) is 48.0 Å². The Morgan fingerprint density at radius 1 is 1.10 bits per heavy atom. The van der Waals surface area contributed by atoms with Crippen molar-refractivity contribution in [1.82, 2.24) is 15.7 Å². The average Bonchev–Trinajstić information content (AvgIpc) is 3.48. The summed E-state index contributed by atoms with van der Waals surface area (Å²) in [6.45, 7) is 3.72. The van der Waals surface area contributed by atoms with Gasteiger partial charge < -0.3 is 19.8 Å². The Kier molecular flexibility index (Phi) is 12.0. The van der Waals surface area contributed by atoms with E-state index >= 15 is 0 Å². The van der Waals surface area contributed by atoms with Crippen molar-refractivity contribution in [1.29, 1.82) is 0 Å². The van der Waals surface area contributed by atoms with Crippen molar-refractivity contribution in [3.63, 3.8) is 0 Å². The molecule has 41 heavy (non-hydrogen) atoms. The summed E-state index contributed by atoms with van der Waals surface area (Å²) in [5.41, 5.74) is 1.58. The van der Waals surface area contributed by atoms with Crippen molar-refractivity contribution in [3.8, 4) is 17.1 Å². The number of hydrogen-bond donors (Lipinski definition) is 4. The number of benzene rings is 2. The second-order valence-electron chi connectivity index (χ2n) is 9.25. The predicted molar refractivity (Wildman–Crippen MR) is 152 cm³/mol. The summed E-state index contributed by atoms with van der Waals surface area (Å²) in [7, 11) is -2.61. The Morgan fingerprint density at radius 3 is 2.51 bits per heavy atom. The molecule has 1 aromatic heterocycles. The van der Waals surface area contributed by atoms with Crippen LogP contribution in [0.15, 0.2) is 65.1 Å². The zero-order valence-electron chi connectivity index (χ0n) is 23.0. The largest absolute Gasteiger partial charge is 0.546 e. The number of ether oxygens (including phenoxy) is 1. The van der Waals surface area contributed by atoms with Gasteiger partial charge in [0.1, 0.15) is 11.5 Å². The molecule has 0 spiro atoms. The molecule has 0 fully saturated rings. The van der Waals surface area contributed by atoms with Crippen molar-refractivity contribution in [2.75, 3.05) is 13.3 Å². The van der Waals surface area contributed by atoms with E-state index in [1.807, 2.05) is 30.3 Å². The van der Waals surface area contributed by atoms with Crippen molar-refractivity contribution in [3.05, 3.63) is 72.0 Å². The molecule has 0 bridgehead atoms. The number of carbonyl (C=O) groups excluding carboxylic acids is 3. The van der Waals surface area contributed by atoms with Gasteiger partial charge in [-0.05, 0) is 60.9 Å². The molecule has 0 saturated carbocycles. The minimum absolute atomic E-state index is 0.0284. The van der Waals surface area contributed by atoms with Gasteiger partial charge in [-0.3, -0.25) is 19.6 Å². The van der Waals surface area contributed by atoms with Crippen LogP contribution in [-0.2, 0) is 20.6 Å². The molecule has 0 radical (unpaired) electrons. The number of aryl methyl sites for hydroxylation is 1. The SMILES string of the molecule is CCOc1cc(-c2ccc(C(=O)NCNC(=O)[C@H](CCCc3ccccc3)[C@@H](CC)N(O)C=O)o2)cc([P+](=O)O)c1. The van der Waals surface area contributed by atoms with Crippen molar-refractivity contribution in [2.24, 2.45) is 5.92 Å². The van der Waals surface area contributed by atoms with E-state index in [9.17, 15) is 29.0 Å². The molecule has 0 saturated heterocycles. The number of nitrogens with one attached hydrogen (secondary N) is 2. The Balaban J connectivity index is 1.62. The molecular formula is C29H35N3O8P+. The molecule has 12 heteroatoms. The summed E-state index contributed by atoms with van der Waals surface area (Å²) in [4.78, 5) is 46.6. The smallest absolute Gasteiger partial charge is 0.494 e. The highest BCUT2D eigenvalue weighted by Gasteiger charge is 2.31. The molecule has 0 aliphatic heterocycles. The van der Waals surface area contributed by atoms with Gasteiger partial charge in [0.15, 0.2) is 5.76 Å². The van der Waals surface area contributed by atoms with E-state index in [4.69, 9.17) is 9.15 Å². The Morgan fingerprint density at radius 2 is 1.85 bits per heavy atom. The molecule has 2 aromatic carbocycles. The molecular weight excluding hydrogens is 549 g/mol. The normalized spacial score (nSPS) is 12.6. The topological polar surface area (TPSA) is 158 Å². The lowest BCUT2D eigenvalue weighted by atomic mass is 9.90. The van der Waals surface area contributed by atoms with Crippen LogP contribution in [-0.4, -0.2) is 52.7 Å².